The summed E-state index contributed by atoms with van der Waals surface area (Å²) in [4.78, 5) is 4.84. The van der Waals surface area contributed by atoms with Crippen LogP contribution in [-0.2, 0) is 0 Å². The molecule has 3 aromatic carbocycles. The lowest BCUT2D eigenvalue weighted by atomic mass is 10.2. The van der Waals surface area contributed by atoms with Gasteiger partial charge in [-0.25, -0.2) is 4.98 Å². The first-order chi connectivity index (χ1) is 11.4. The number of benzene rings is 3. The largest absolute Gasteiger partial charge is 0.653 e. The van der Waals surface area contributed by atoms with Crippen LogP contribution in [0.2, 0.25) is 0 Å². The van der Waals surface area contributed by atoms with E-state index < -0.39 is 0 Å². The van der Waals surface area contributed by atoms with Gasteiger partial charge in [0.05, 0.1) is 22.3 Å². The predicted molar refractivity (Wildman–Crippen MR) is 92.9 cm³/mol. The molecule has 0 N–H and O–H groups in total. The Morgan fingerprint density at radius 1 is 0.783 bits per heavy atom. The van der Waals surface area contributed by atoms with Crippen LogP contribution in [0.25, 0.3) is 28.1 Å². The summed E-state index contributed by atoms with van der Waals surface area (Å²) >= 11 is 2.31. The summed E-state index contributed by atoms with van der Waals surface area (Å²) in [5.74, 6) is 1.65. The molecule has 0 aliphatic heterocycles. The molecule has 3 nitrogen and oxygen atoms in total. The molecule has 23 heavy (non-hydrogen) atoms. The maximum Gasteiger partial charge on any atom is 0.482 e. The van der Waals surface area contributed by atoms with Crippen LogP contribution in [0.4, 0.5) is 0 Å². The third-order valence-electron chi connectivity index (χ3n) is 3.83. The zero-order chi connectivity index (χ0) is 15.6. The SMILES string of the molecule is [Al][O]c1ccccc1-c1nc2ccccc2n1-c1ccccc1. The fraction of sp³-hybridized carbons (Fsp3) is 0. The molecule has 0 saturated heterocycles. The van der Waals surface area contributed by atoms with Gasteiger partial charge >= 0.3 is 16.6 Å². The van der Waals surface area contributed by atoms with Crippen LogP contribution in [0.1, 0.15) is 0 Å². The molecule has 2 radical (unpaired) electrons. The molecule has 0 bridgehead atoms. The van der Waals surface area contributed by atoms with Gasteiger partial charge in [0.2, 0.25) is 0 Å². The van der Waals surface area contributed by atoms with Gasteiger partial charge in [-0.2, -0.15) is 0 Å². The molecule has 1 heterocycles. The maximum atomic E-state index is 5.45. The molecule has 0 amide bonds. The molecule has 0 fully saturated rings. The number of para-hydroxylation sites is 4. The van der Waals surface area contributed by atoms with Crippen LogP contribution < -0.4 is 3.79 Å². The fourth-order valence-electron chi connectivity index (χ4n) is 2.80. The van der Waals surface area contributed by atoms with Crippen LogP contribution in [0, 0.1) is 0 Å². The molecule has 0 aliphatic rings. The smallest absolute Gasteiger partial charge is 0.482 e. The van der Waals surface area contributed by atoms with Crippen LogP contribution in [0.5, 0.6) is 5.75 Å². The van der Waals surface area contributed by atoms with Crippen LogP contribution in [-0.4, -0.2) is 26.2 Å². The number of hydrogen-bond donors (Lipinski definition) is 0. The molecule has 0 atom stereocenters. The maximum absolute atomic E-state index is 5.45. The van der Waals surface area contributed by atoms with E-state index in [-0.39, 0.29) is 0 Å². The highest BCUT2D eigenvalue weighted by Crippen LogP contribution is 2.33. The van der Waals surface area contributed by atoms with Gasteiger partial charge in [0.15, 0.2) is 0 Å². The monoisotopic (exact) mass is 312 g/mol. The summed E-state index contributed by atoms with van der Waals surface area (Å²) in [6.07, 6.45) is 0. The van der Waals surface area contributed by atoms with Crippen molar-refractivity contribution in [3.8, 4) is 22.8 Å². The Morgan fingerprint density at radius 2 is 1.48 bits per heavy atom. The average molecular weight is 312 g/mol. The molecule has 0 aliphatic carbocycles. The normalized spacial score (nSPS) is 10.8. The quantitative estimate of drug-likeness (QED) is 0.531. The number of aromatic nitrogens is 2. The number of imidazole rings is 1. The lowest BCUT2D eigenvalue weighted by Gasteiger charge is -2.13. The zero-order valence-electron chi connectivity index (χ0n) is 12.4. The van der Waals surface area contributed by atoms with E-state index >= 15 is 0 Å². The summed E-state index contributed by atoms with van der Waals surface area (Å²) in [6, 6.07) is 26.3. The van der Waals surface area contributed by atoms with Crippen molar-refractivity contribution in [2.24, 2.45) is 0 Å². The second-order valence-corrected chi connectivity index (χ2v) is 5.44. The Kier molecular flexibility index (Phi) is 3.63. The Labute approximate surface area is 142 Å². The van der Waals surface area contributed by atoms with Gasteiger partial charge in [-0.15, -0.1) is 0 Å². The molecule has 108 valence electrons. The Hall–Kier alpha value is -2.54. The highest BCUT2D eigenvalue weighted by atomic mass is 27.1. The minimum Gasteiger partial charge on any atom is -0.653 e. The van der Waals surface area contributed by atoms with Gasteiger partial charge in [0.25, 0.3) is 0 Å². The third kappa shape index (κ3) is 2.43. The Bertz CT molecular complexity index is 963. The number of rotatable bonds is 3. The van der Waals surface area contributed by atoms with Gasteiger partial charge in [-0.3, -0.25) is 4.57 Å². The van der Waals surface area contributed by atoms with Crippen LogP contribution in [0.3, 0.4) is 0 Å². The summed E-state index contributed by atoms with van der Waals surface area (Å²) in [7, 11) is 0. The molecule has 4 heteroatoms. The molecular formula is C19H13AlN2O. The van der Waals surface area contributed by atoms with E-state index in [9.17, 15) is 0 Å². The Balaban J connectivity index is 2.07. The minimum absolute atomic E-state index is 0.782. The van der Waals surface area contributed by atoms with E-state index in [1.807, 2.05) is 60.7 Å². The first kappa shape index (κ1) is 14.1. The van der Waals surface area contributed by atoms with Gasteiger partial charge in [0.1, 0.15) is 5.82 Å². The Morgan fingerprint density at radius 3 is 2.30 bits per heavy atom. The van der Waals surface area contributed by atoms with E-state index in [0.29, 0.717) is 0 Å². The van der Waals surface area contributed by atoms with Crippen molar-refractivity contribution in [3.63, 3.8) is 0 Å². The van der Waals surface area contributed by atoms with Crippen molar-refractivity contribution >= 4 is 27.7 Å². The van der Waals surface area contributed by atoms with Crippen molar-refractivity contribution in [3.05, 3.63) is 78.9 Å². The molecule has 0 saturated carbocycles. The fourth-order valence-corrected chi connectivity index (χ4v) is 3.00. The van der Waals surface area contributed by atoms with Gasteiger partial charge < -0.3 is 3.79 Å². The van der Waals surface area contributed by atoms with Crippen molar-refractivity contribution in [2.75, 3.05) is 0 Å². The van der Waals surface area contributed by atoms with Crippen molar-refractivity contribution in [1.29, 1.82) is 0 Å². The van der Waals surface area contributed by atoms with Crippen molar-refractivity contribution < 1.29 is 3.79 Å². The summed E-state index contributed by atoms with van der Waals surface area (Å²) < 4.78 is 7.61. The van der Waals surface area contributed by atoms with E-state index in [2.05, 4.69) is 39.4 Å². The summed E-state index contributed by atoms with van der Waals surface area (Å²) in [6.45, 7) is 0. The molecule has 4 rings (SSSR count). The first-order valence-corrected chi connectivity index (χ1v) is 7.84. The highest BCUT2D eigenvalue weighted by Gasteiger charge is 2.16. The first-order valence-electron chi connectivity index (χ1n) is 7.37. The molecule has 1 aromatic heterocycles. The number of hydrogen-bond acceptors (Lipinski definition) is 2. The summed E-state index contributed by atoms with van der Waals surface area (Å²) in [5.41, 5.74) is 4.08. The van der Waals surface area contributed by atoms with Crippen LogP contribution in [0.15, 0.2) is 78.9 Å². The topological polar surface area (TPSA) is 27.1 Å². The van der Waals surface area contributed by atoms with Gasteiger partial charge in [-0.05, 0) is 36.4 Å². The minimum atomic E-state index is 0.782. The van der Waals surface area contributed by atoms with Gasteiger partial charge in [0, 0.05) is 5.69 Å². The van der Waals surface area contributed by atoms with E-state index in [1.165, 1.54) is 0 Å². The van der Waals surface area contributed by atoms with E-state index in [0.717, 1.165) is 33.9 Å². The average Bonchev–Trinajstić information content (AvgIpc) is 3.01. The third-order valence-corrected chi connectivity index (χ3v) is 4.08. The highest BCUT2D eigenvalue weighted by molar-refractivity contribution is 6.00. The lowest BCUT2D eigenvalue weighted by molar-refractivity contribution is 0.617. The standard InChI is InChI=1S/C19H14N2O.Al/c22-18-13-7-4-10-15(18)19-20-16-11-5-6-12-17(16)21(19)14-8-2-1-3-9-14;/h1-13,22H;/q;+1/p-1. The van der Waals surface area contributed by atoms with Crippen molar-refractivity contribution in [1.82, 2.24) is 9.55 Å². The number of nitrogens with zero attached hydrogens (tertiary/aromatic N) is 2. The van der Waals surface area contributed by atoms with E-state index in [4.69, 9.17) is 8.77 Å². The molecule has 4 aromatic rings. The number of fused-ring (bicyclic) bond motifs is 1. The van der Waals surface area contributed by atoms with Gasteiger partial charge in [-0.1, -0.05) is 42.5 Å². The van der Waals surface area contributed by atoms with Crippen molar-refractivity contribution in [2.45, 2.75) is 0 Å². The molecular weight excluding hydrogens is 299 g/mol. The van der Waals surface area contributed by atoms with E-state index in [1.54, 1.807) is 0 Å². The zero-order valence-corrected chi connectivity index (χ0v) is 13.5. The van der Waals surface area contributed by atoms with Crippen LogP contribution >= 0.6 is 0 Å². The lowest BCUT2D eigenvalue weighted by Crippen LogP contribution is -1.99. The molecule has 0 unspecified atom stereocenters. The predicted octanol–water partition coefficient (Wildman–Crippen LogP) is 4.15. The summed E-state index contributed by atoms with van der Waals surface area (Å²) in [5, 5.41) is 0. The second-order valence-electron chi connectivity index (χ2n) is 5.21. The second kappa shape index (κ2) is 5.92. The molecule has 0 spiro atoms.